The minimum absolute atomic E-state index is 0.902. The minimum Gasteiger partial charge on any atom is -0.272 e. The van der Waals surface area contributed by atoms with Crippen LogP contribution in [0.1, 0.15) is 12.6 Å². The van der Waals surface area contributed by atoms with Crippen molar-refractivity contribution in [3.63, 3.8) is 0 Å². The second-order valence-corrected chi connectivity index (χ2v) is 3.27. The number of aryl methyl sites for hydroxylation is 2. The Hall–Kier alpha value is -1.64. The number of hydrogen-bond donors (Lipinski definition) is 0. The van der Waals surface area contributed by atoms with E-state index in [1.807, 2.05) is 36.3 Å². The van der Waals surface area contributed by atoms with Crippen molar-refractivity contribution in [2.45, 2.75) is 20.4 Å². The van der Waals surface area contributed by atoms with Gasteiger partial charge in [-0.05, 0) is 19.9 Å². The summed E-state index contributed by atoms with van der Waals surface area (Å²) in [7, 11) is 0. The van der Waals surface area contributed by atoms with Crippen LogP contribution in [0.25, 0.3) is 11.1 Å². The maximum absolute atomic E-state index is 4.25. The van der Waals surface area contributed by atoms with Crippen LogP contribution in [0.15, 0.2) is 30.7 Å². The monoisotopic (exact) mass is 187 g/mol. The Morgan fingerprint density at radius 3 is 2.64 bits per heavy atom. The topological polar surface area (TPSA) is 30.7 Å². The molecule has 3 nitrogen and oxygen atoms in total. The average molecular weight is 187 g/mol. The fourth-order valence-electron chi connectivity index (χ4n) is 1.32. The smallest absolute Gasteiger partial charge is 0.0568 e. The zero-order valence-corrected chi connectivity index (χ0v) is 8.44. The Balaban J connectivity index is 2.34. The van der Waals surface area contributed by atoms with E-state index < -0.39 is 0 Å². The first-order valence-electron chi connectivity index (χ1n) is 4.75. The summed E-state index contributed by atoms with van der Waals surface area (Å²) in [4.78, 5) is 4.25. The lowest BCUT2D eigenvalue weighted by molar-refractivity contribution is 0.660. The molecule has 0 radical (unpaired) electrons. The summed E-state index contributed by atoms with van der Waals surface area (Å²) < 4.78 is 1.91. The summed E-state index contributed by atoms with van der Waals surface area (Å²) in [6, 6.07) is 4.08. The van der Waals surface area contributed by atoms with Gasteiger partial charge in [0.05, 0.1) is 6.20 Å². The number of rotatable bonds is 2. The molecular formula is C11H13N3. The molecule has 0 atom stereocenters. The number of hydrogen-bond acceptors (Lipinski definition) is 2. The molecule has 0 amide bonds. The Morgan fingerprint density at radius 1 is 1.21 bits per heavy atom. The number of aromatic nitrogens is 3. The molecule has 2 aromatic rings. The molecule has 0 aliphatic heterocycles. The zero-order chi connectivity index (χ0) is 9.97. The van der Waals surface area contributed by atoms with E-state index >= 15 is 0 Å². The lowest BCUT2D eigenvalue weighted by Crippen LogP contribution is -1.92. The summed E-state index contributed by atoms with van der Waals surface area (Å²) >= 11 is 0. The van der Waals surface area contributed by atoms with Gasteiger partial charge in [-0.2, -0.15) is 5.10 Å². The molecule has 0 unspecified atom stereocenters. The van der Waals surface area contributed by atoms with Crippen LogP contribution in [0.4, 0.5) is 0 Å². The molecule has 14 heavy (non-hydrogen) atoms. The molecule has 3 heteroatoms. The molecule has 72 valence electrons. The molecule has 2 heterocycles. The maximum atomic E-state index is 4.25. The molecule has 0 aliphatic rings. The van der Waals surface area contributed by atoms with Gasteiger partial charge in [0.2, 0.25) is 0 Å². The van der Waals surface area contributed by atoms with Crippen LogP contribution in [-0.2, 0) is 6.54 Å². The van der Waals surface area contributed by atoms with Gasteiger partial charge in [-0.15, -0.1) is 0 Å². The average Bonchev–Trinajstić information content (AvgIpc) is 2.67. The summed E-state index contributed by atoms with van der Waals surface area (Å²) in [6.45, 7) is 4.96. The van der Waals surface area contributed by atoms with Gasteiger partial charge in [0.15, 0.2) is 0 Å². The van der Waals surface area contributed by atoms with Gasteiger partial charge in [-0.25, -0.2) is 0 Å². The van der Waals surface area contributed by atoms with Crippen molar-refractivity contribution in [2.24, 2.45) is 0 Å². The van der Waals surface area contributed by atoms with Crippen LogP contribution in [0.5, 0.6) is 0 Å². The van der Waals surface area contributed by atoms with Crippen molar-refractivity contribution >= 4 is 0 Å². The second-order valence-electron chi connectivity index (χ2n) is 3.27. The third-order valence-corrected chi connectivity index (χ3v) is 2.20. The number of pyridine rings is 1. The highest BCUT2D eigenvalue weighted by molar-refractivity contribution is 5.60. The van der Waals surface area contributed by atoms with E-state index in [9.17, 15) is 0 Å². The molecule has 0 N–H and O–H groups in total. The molecule has 0 spiro atoms. The lowest BCUT2D eigenvalue weighted by Gasteiger charge is -1.96. The summed E-state index contributed by atoms with van der Waals surface area (Å²) in [5.74, 6) is 0. The Kier molecular flexibility index (Phi) is 2.31. The van der Waals surface area contributed by atoms with Crippen molar-refractivity contribution in [3.8, 4) is 11.1 Å². The molecule has 0 bridgehead atoms. The van der Waals surface area contributed by atoms with Crippen LogP contribution in [0, 0.1) is 6.92 Å². The first-order valence-corrected chi connectivity index (χ1v) is 4.75. The van der Waals surface area contributed by atoms with E-state index in [2.05, 4.69) is 23.1 Å². The van der Waals surface area contributed by atoms with E-state index in [4.69, 9.17) is 0 Å². The van der Waals surface area contributed by atoms with E-state index in [0.29, 0.717) is 0 Å². The first-order chi connectivity index (χ1) is 6.79. The number of nitrogens with zero attached hydrogens (tertiary/aromatic N) is 3. The van der Waals surface area contributed by atoms with Gasteiger partial charge in [0.25, 0.3) is 0 Å². The highest BCUT2D eigenvalue weighted by Gasteiger charge is 2.00. The van der Waals surface area contributed by atoms with Crippen molar-refractivity contribution in [1.29, 1.82) is 0 Å². The van der Waals surface area contributed by atoms with Gasteiger partial charge in [0.1, 0.15) is 0 Å². The third kappa shape index (κ3) is 1.66. The van der Waals surface area contributed by atoms with Gasteiger partial charge < -0.3 is 0 Å². The third-order valence-electron chi connectivity index (χ3n) is 2.20. The zero-order valence-electron chi connectivity index (χ0n) is 8.44. The minimum atomic E-state index is 0.902. The Bertz CT molecular complexity index is 414. The van der Waals surface area contributed by atoms with Crippen LogP contribution < -0.4 is 0 Å². The summed E-state index contributed by atoms with van der Waals surface area (Å²) in [5, 5.41) is 4.22. The molecule has 0 aromatic carbocycles. The van der Waals surface area contributed by atoms with Gasteiger partial charge in [-0.3, -0.25) is 9.67 Å². The first kappa shape index (κ1) is 8.94. The molecule has 0 saturated heterocycles. The fraction of sp³-hybridized carbons (Fsp3) is 0.273. The van der Waals surface area contributed by atoms with Crippen LogP contribution >= 0.6 is 0 Å². The quantitative estimate of drug-likeness (QED) is 0.722. The van der Waals surface area contributed by atoms with Gasteiger partial charge >= 0.3 is 0 Å². The van der Waals surface area contributed by atoms with Crippen molar-refractivity contribution in [2.75, 3.05) is 0 Å². The summed E-state index contributed by atoms with van der Waals surface area (Å²) in [6.07, 6.45) is 5.79. The molecule has 0 saturated carbocycles. The van der Waals surface area contributed by atoms with E-state index in [0.717, 1.165) is 23.4 Å². The highest BCUT2D eigenvalue weighted by Crippen LogP contribution is 2.17. The SMILES string of the molecule is CCn1cc(-c2ccc(C)nc2)cn1. The normalized spacial score (nSPS) is 10.4. The molecule has 2 aromatic heterocycles. The fourth-order valence-corrected chi connectivity index (χ4v) is 1.32. The van der Waals surface area contributed by atoms with Gasteiger partial charge in [0, 0.05) is 35.8 Å². The highest BCUT2D eigenvalue weighted by atomic mass is 15.3. The Labute approximate surface area is 83.4 Å². The molecule has 2 rings (SSSR count). The lowest BCUT2D eigenvalue weighted by atomic mass is 10.1. The van der Waals surface area contributed by atoms with E-state index in [-0.39, 0.29) is 0 Å². The summed E-state index contributed by atoms with van der Waals surface area (Å²) in [5.41, 5.74) is 3.28. The predicted octanol–water partition coefficient (Wildman–Crippen LogP) is 2.27. The van der Waals surface area contributed by atoms with Crippen molar-refractivity contribution < 1.29 is 0 Å². The van der Waals surface area contributed by atoms with Crippen LogP contribution in [0.2, 0.25) is 0 Å². The van der Waals surface area contributed by atoms with Crippen molar-refractivity contribution in [1.82, 2.24) is 14.8 Å². The second kappa shape index (κ2) is 3.62. The predicted molar refractivity (Wildman–Crippen MR) is 55.9 cm³/mol. The molecule has 0 fully saturated rings. The maximum Gasteiger partial charge on any atom is 0.0568 e. The van der Waals surface area contributed by atoms with Crippen molar-refractivity contribution in [3.05, 3.63) is 36.4 Å². The van der Waals surface area contributed by atoms with Crippen LogP contribution in [-0.4, -0.2) is 14.8 Å². The molecular weight excluding hydrogens is 174 g/mol. The van der Waals surface area contributed by atoms with Crippen LogP contribution in [0.3, 0.4) is 0 Å². The van der Waals surface area contributed by atoms with E-state index in [1.54, 1.807) is 0 Å². The van der Waals surface area contributed by atoms with Gasteiger partial charge in [-0.1, -0.05) is 6.07 Å². The molecule has 0 aliphatic carbocycles. The van der Waals surface area contributed by atoms with E-state index in [1.165, 1.54) is 0 Å². The Morgan fingerprint density at radius 2 is 2.07 bits per heavy atom. The largest absolute Gasteiger partial charge is 0.272 e. The standard InChI is InChI=1S/C11H13N3/c1-3-14-8-11(7-13-14)10-5-4-9(2)12-6-10/h4-8H,3H2,1-2H3.